The Labute approximate surface area is 161 Å². The summed E-state index contributed by atoms with van der Waals surface area (Å²) in [6, 6.07) is 26.0. The second-order valence-corrected chi connectivity index (χ2v) is 6.01. The molecule has 1 aromatic heterocycles. The van der Waals surface area contributed by atoms with Gasteiger partial charge in [-0.05, 0) is 48.5 Å². The van der Waals surface area contributed by atoms with Gasteiger partial charge in [-0.1, -0.05) is 36.4 Å². The Bertz CT molecular complexity index is 1050. The molecule has 0 spiro atoms. The maximum Gasteiger partial charge on any atom is 0.262 e. The molecule has 0 aliphatic heterocycles. The Morgan fingerprint density at radius 1 is 0.786 bits per heavy atom. The predicted octanol–water partition coefficient (Wildman–Crippen LogP) is 4.42. The number of nitrogens with one attached hydrogen (secondary N) is 1. The van der Waals surface area contributed by atoms with Crippen LogP contribution in [0.25, 0.3) is 22.9 Å². The molecular weight excluding hydrogens is 354 g/mol. The van der Waals surface area contributed by atoms with E-state index >= 15 is 0 Å². The quantitative estimate of drug-likeness (QED) is 0.543. The lowest BCUT2D eigenvalue weighted by atomic mass is 10.2. The molecule has 0 atom stereocenters. The standard InChI is InChI=1S/C22H17N3O3/c26-20(15-27-19-9-5-2-6-10-19)23-18-13-11-17(12-14-18)22-25-24-21(28-22)16-7-3-1-4-8-16/h1-14H,15H2,(H,23,26). The monoisotopic (exact) mass is 371 g/mol. The molecule has 0 saturated heterocycles. The number of benzene rings is 3. The Kier molecular flexibility index (Phi) is 5.11. The van der Waals surface area contributed by atoms with Crippen molar-refractivity contribution in [2.45, 2.75) is 0 Å². The van der Waals surface area contributed by atoms with Gasteiger partial charge in [-0.25, -0.2) is 0 Å². The highest BCUT2D eigenvalue weighted by Crippen LogP contribution is 2.24. The molecule has 0 aliphatic rings. The molecule has 1 heterocycles. The number of anilines is 1. The maximum absolute atomic E-state index is 12.0. The van der Waals surface area contributed by atoms with Crippen molar-refractivity contribution in [1.29, 1.82) is 0 Å². The van der Waals surface area contributed by atoms with Crippen LogP contribution in [-0.4, -0.2) is 22.7 Å². The van der Waals surface area contributed by atoms with Gasteiger partial charge in [-0.2, -0.15) is 0 Å². The fraction of sp³-hybridized carbons (Fsp3) is 0.0455. The molecule has 6 nitrogen and oxygen atoms in total. The van der Waals surface area contributed by atoms with E-state index < -0.39 is 0 Å². The van der Waals surface area contributed by atoms with E-state index in [-0.39, 0.29) is 12.5 Å². The van der Waals surface area contributed by atoms with Crippen molar-refractivity contribution in [2.24, 2.45) is 0 Å². The first kappa shape index (κ1) is 17.5. The Balaban J connectivity index is 1.37. The molecule has 28 heavy (non-hydrogen) atoms. The Hall–Kier alpha value is -3.93. The third kappa shape index (κ3) is 4.24. The third-order valence-electron chi connectivity index (χ3n) is 3.97. The van der Waals surface area contributed by atoms with E-state index in [4.69, 9.17) is 9.15 Å². The molecule has 1 amide bonds. The minimum atomic E-state index is -0.235. The van der Waals surface area contributed by atoms with Crippen LogP contribution in [0, 0.1) is 0 Å². The minimum absolute atomic E-state index is 0.0597. The van der Waals surface area contributed by atoms with E-state index in [0.29, 0.717) is 23.2 Å². The van der Waals surface area contributed by atoms with E-state index in [2.05, 4.69) is 15.5 Å². The summed E-state index contributed by atoms with van der Waals surface area (Å²) in [6.45, 7) is -0.0597. The smallest absolute Gasteiger partial charge is 0.262 e. The predicted molar refractivity (Wildman–Crippen MR) is 106 cm³/mol. The van der Waals surface area contributed by atoms with Crippen LogP contribution in [0.1, 0.15) is 0 Å². The SMILES string of the molecule is O=C(COc1ccccc1)Nc1ccc(-c2nnc(-c3ccccc3)o2)cc1. The van der Waals surface area contributed by atoms with E-state index in [1.807, 2.05) is 60.7 Å². The number of hydrogen-bond acceptors (Lipinski definition) is 5. The Morgan fingerprint density at radius 3 is 2.00 bits per heavy atom. The number of carbonyl (C=O) groups excluding carboxylic acids is 1. The maximum atomic E-state index is 12.0. The van der Waals surface area contributed by atoms with E-state index in [0.717, 1.165) is 11.1 Å². The van der Waals surface area contributed by atoms with Gasteiger partial charge in [-0.15, -0.1) is 10.2 Å². The first-order valence-corrected chi connectivity index (χ1v) is 8.75. The summed E-state index contributed by atoms with van der Waals surface area (Å²) in [6.07, 6.45) is 0. The van der Waals surface area contributed by atoms with Gasteiger partial charge in [0.1, 0.15) is 5.75 Å². The molecule has 6 heteroatoms. The molecule has 0 saturated carbocycles. The molecule has 3 aromatic carbocycles. The lowest BCUT2D eigenvalue weighted by Crippen LogP contribution is -2.20. The summed E-state index contributed by atoms with van der Waals surface area (Å²) in [7, 11) is 0. The molecule has 4 aromatic rings. The molecular formula is C22H17N3O3. The molecule has 1 N–H and O–H groups in total. The second kappa shape index (κ2) is 8.18. The van der Waals surface area contributed by atoms with Gasteiger partial charge in [0, 0.05) is 16.8 Å². The van der Waals surface area contributed by atoms with Crippen molar-refractivity contribution in [2.75, 3.05) is 11.9 Å². The lowest BCUT2D eigenvalue weighted by molar-refractivity contribution is -0.118. The molecule has 0 aliphatic carbocycles. The summed E-state index contributed by atoms with van der Waals surface area (Å²) in [5.74, 6) is 1.30. The topological polar surface area (TPSA) is 77.2 Å². The van der Waals surface area contributed by atoms with Crippen molar-refractivity contribution < 1.29 is 13.9 Å². The van der Waals surface area contributed by atoms with Crippen molar-refractivity contribution in [1.82, 2.24) is 10.2 Å². The van der Waals surface area contributed by atoms with E-state index in [9.17, 15) is 4.79 Å². The molecule has 0 bridgehead atoms. The van der Waals surface area contributed by atoms with Crippen LogP contribution < -0.4 is 10.1 Å². The second-order valence-electron chi connectivity index (χ2n) is 6.01. The fourth-order valence-corrected chi connectivity index (χ4v) is 2.60. The van der Waals surface area contributed by atoms with Gasteiger partial charge in [0.05, 0.1) is 0 Å². The molecule has 138 valence electrons. The third-order valence-corrected chi connectivity index (χ3v) is 3.97. The summed E-state index contributed by atoms with van der Waals surface area (Å²) in [4.78, 5) is 12.0. The van der Waals surface area contributed by atoms with Gasteiger partial charge >= 0.3 is 0 Å². The lowest BCUT2D eigenvalue weighted by Gasteiger charge is -2.07. The first-order chi connectivity index (χ1) is 13.8. The van der Waals surface area contributed by atoms with Crippen LogP contribution in [0.2, 0.25) is 0 Å². The number of para-hydroxylation sites is 1. The molecule has 0 radical (unpaired) electrons. The minimum Gasteiger partial charge on any atom is -0.484 e. The average molecular weight is 371 g/mol. The number of aromatic nitrogens is 2. The van der Waals surface area contributed by atoms with Crippen LogP contribution in [0.5, 0.6) is 5.75 Å². The van der Waals surface area contributed by atoms with Gasteiger partial charge in [0.2, 0.25) is 11.8 Å². The number of amides is 1. The summed E-state index contributed by atoms with van der Waals surface area (Å²) >= 11 is 0. The zero-order chi connectivity index (χ0) is 19.2. The van der Waals surface area contributed by atoms with Crippen molar-refractivity contribution in [3.63, 3.8) is 0 Å². The number of ether oxygens (including phenoxy) is 1. The van der Waals surface area contributed by atoms with Gasteiger partial charge in [0.25, 0.3) is 5.91 Å². The van der Waals surface area contributed by atoms with Crippen LogP contribution in [0.3, 0.4) is 0 Å². The molecule has 0 unspecified atom stereocenters. The molecule has 0 fully saturated rings. The number of carbonyl (C=O) groups is 1. The zero-order valence-corrected chi connectivity index (χ0v) is 14.9. The summed E-state index contributed by atoms with van der Waals surface area (Å²) < 4.78 is 11.2. The van der Waals surface area contributed by atoms with Crippen molar-refractivity contribution >= 4 is 11.6 Å². The normalized spacial score (nSPS) is 10.4. The first-order valence-electron chi connectivity index (χ1n) is 8.75. The Morgan fingerprint density at radius 2 is 1.36 bits per heavy atom. The van der Waals surface area contributed by atoms with Crippen LogP contribution >= 0.6 is 0 Å². The van der Waals surface area contributed by atoms with E-state index in [1.54, 1.807) is 24.3 Å². The zero-order valence-electron chi connectivity index (χ0n) is 14.9. The number of rotatable bonds is 6. The largest absolute Gasteiger partial charge is 0.484 e. The van der Waals surface area contributed by atoms with Crippen LogP contribution in [0.15, 0.2) is 89.3 Å². The highest BCUT2D eigenvalue weighted by Gasteiger charge is 2.10. The average Bonchev–Trinajstić information content (AvgIpc) is 3.25. The summed E-state index contributed by atoms with van der Waals surface area (Å²) in [5, 5.41) is 11.0. The van der Waals surface area contributed by atoms with E-state index in [1.165, 1.54) is 0 Å². The molecule has 4 rings (SSSR count). The fourth-order valence-electron chi connectivity index (χ4n) is 2.60. The van der Waals surface area contributed by atoms with Crippen molar-refractivity contribution in [3.05, 3.63) is 84.9 Å². The van der Waals surface area contributed by atoms with Gasteiger partial charge < -0.3 is 14.5 Å². The summed E-state index contributed by atoms with van der Waals surface area (Å²) in [5.41, 5.74) is 2.30. The highest BCUT2D eigenvalue weighted by molar-refractivity contribution is 5.92. The van der Waals surface area contributed by atoms with Crippen molar-refractivity contribution in [3.8, 4) is 28.7 Å². The van der Waals surface area contributed by atoms with Gasteiger partial charge in [0.15, 0.2) is 6.61 Å². The number of hydrogen-bond donors (Lipinski definition) is 1. The van der Waals surface area contributed by atoms with Gasteiger partial charge in [-0.3, -0.25) is 4.79 Å². The van der Waals surface area contributed by atoms with Crippen LogP contribution in [0.4, 0.5) is 5.69 Å². The number of nitrogens with zero attached hydrogens (tertiary/aromatic N) is 2. The van der Waals surface area contributed by atoms with Crippen LogP contribution in [-0.2, 0) is 4.79 Å². The highest BCUT2D eigenvalue weighted by atomic mass is 16.5.